The van der Waals surface area contributed by atoms with E-state index in [1.54, 1.807) is 6.08 Å². The van der Waals surface area contributed by atoms with E-state index in [0.29, 0.717) is 6.61 Å². The molecule has 0 atom stereocenters. The van der Waals surface area contributed by atoms with Crippen LogP contribution < -0.4 is 0 Å². The van der Waals surface area contributed by atoms with Gasteiger partial charge in [0.15, 0.2) is 0 Å². The van der Waals surface area contributed by atoms with Crippen LogP contribution in [0.4, 0.5) is 0 Å². The molecule has 1 heterocycles. The lowest BCUT2D eigenvalue weighted by atomic mass is 10.1. The molecule has 0 amide bonds. The molecule has 0 spiro atoms. The lowest BCUT2D eigenvalue weighted by Crippen LogP contribution is -2.01. The van der Waals surface area contributed by atoms with Gasteiger partial charge in [0.05, 0.1) is 6.61 Å². The Balaban J connectivity index is 2.28. The van der Waals surface area contributed by atoms with Gasteiger partial charge in [-0.3, -0.25) is 0 Å². The van der Waals surface area contributed by atoms with Crippen molar-refractivity contribution in [3.63, 3.8) is 0 Å². The Morgan fingerprint density at radius 2 is 1.44 bits per heavy atom. The fourth-order valence-electron chi connectivity index (χ4n) is 1.75. The molecule has 0 aromatic heterocycles. The first-order valence-corrected chi connectivity index (χ1v) is 6.38. The Morgan fingerprint density at radius 1 is 0.812 bits per heavy atom. The van der Waals surface area contributed by atoms with Gasteiger partial charge in [-0.25, -0.2) is 4.79 Å². The zero-order chi connectivity index (χ0) is 11.5. The zero-order valence-corrected chi connectivity index (χ0v) is 9.99. The van der Waals surface area contributed by atoms with Crippen molar-refractivity contribution in [2.24, 2.45) is 0 Å². The Hall–Kier alpha value is -1.05. The molecule has 0 unspecified atom stereocenters. The topological polar surface area (TPSA) is 26.3 Å². The molecule has 0 bridgehead atoms. The third kappa shape index (κ3) is 7.27. The summed E-state index contributed by atoms with van der Waals surface area (Å²) in [5.74, 6) is -0.205. The predicted octanol–water partition coefficient (Wildman–Crippen LogP) is 3.78. The number of allylic oxidation sites excluding steroid dienone is 2. The van der Waals surface area contributed by atoms with E-state index in [0.717, 1.165) is 19.3 Å². The summed E-state index contributed by atoms with van der Waals surface area (Å²) in [6.45, 7) is 0.500. The van der Waals surface area contributed by atoms with Crippen molar-refractivity contribution in [3.05, 3.63) is 24.3 Å². The summed E-state index contributed by atoms with van der Waals surface area (Å²) in [6.07, 6.45) is 17.1. The molecule has 90 valence electrons. The Bertz CT molecular complexity index is 241. The van der Waals surface area contributed by atoms with Gasteiger partial charge in [-0.05, 0) is 32.1 Å². The van der Waals surface area contributed by atoms with Crippen molar-refractivity contribution >= 4 is 5.97 Å². The fourth-order valence-corrected chi connectivity index (χ4v) is 1.75. The van der Waals surface area contributed by atoms with Crippen LogP contribution >= 0.6 is 0 Å². The molecule has 16 heavy (non-hydrogen) atoms. The number of carbonyl (C=O) groups excluding carboxylic acids is 1. The van der Waals surface area contributed by atoms with Crippen molar-refractivity contribution in [1.29, 1.82) is 0 Å². The average molecular weight is 222 g/mol. The van der Waals surface area contributed by atoms with Crippen molar-refractivity contribution in [3.8, 4) is 0 Å². The van der Waals surface area contributed by atoms with Crippen molar-refractivity contribution in [2.75, 3.05) is 6.61 Å². The molecule has 2 nitrogen and oxygen atoms in total. The van der Waals surface area contributed by atoms with Gasteiger partial charge in [-0.1, -0.05) is 37.5 Å². The highest BCUT2D eigenvalue weighted by molar-refractivity contribution is 5.81. The predicted molar refractivity (Wildman–Crippen MR) is 66.2 cm³/mol. The van der Waals surface area contributed by atoms with Crippen LogP contribution in [0.15, 0.2) is 24.3 Å². The molecule has 0 fully saturated rings. The van der Waals surface area contributed by atoms with E-state index in [2.05, 4.69) is 12.2 Å². The molecule has 1 aliphatic heterocycles. The Morgan fingerprint density at radius 3 is 2.25 bits per heavy atom. The summed E-state index contributed by atoms with van der Waals surface area (Å²) in [4.78, 5) is 11.2. The number of carbonyl (C=O) groups is 1. The van der Waals surface area contributed by atoms with Crippen molar-refractivity contribution in [2.45, 2.75) is 51.4 Å². The first kappa shape index (κ1) is 13.0. The molecule has 0 radical (unpaired) electrons. The van der Waals surface area contributed by atoms with Crippen LogP contribution in [-0.2, 0) is 9.53 Å². The number of rotatable bonds is 0. The highest BCUT2D eigenvalue weighted by Crippen LogP contribution is 2.08. The zero-order valence-electron chi connectivity index (χ0n) is 9.99. The van der Waals surface area contributed by atoms with Gasteiger partial charge in [0.25, 0.3) is 0 Å². The number of ether oxygens (including phenoxy) is 1. The SMILES string of the molecule is O=C1/C=C\CCCCCCC/C=C\CCO1. The van der Waals surface area contributed by atoms with Crippen molar-refractivity contribution < 1.29 is 9.53 Å². The molecule has 1 rings (SSSR count). The van der Waals surface area contributed by atoms with Gasteiger partial charge in [0.2, 0.25) is 0 Å². The maximum absolute atomic E-state index is 11.2. The normalized spacial score (nSPS) is 24.9. The summed E-state index contributed by atoms with van der Waals surface area (Å²) < 4.78 is 5.04. The van der Waals surface area contributed by atoms with E-state index in [1.807, 2.05) is 6.08 Å². The lowest BCUT2D eigenvalue weighted by molar-refractivity contribution is -0.137. The van der Waals surface area contributed by atoms with Crippen LogP contribution in [-0.4, -0.2) is 12.6 Å². The van der Waals surface area contributed by atoms with Crippen LogP contribution in [0, 0.1) is 0 Å². The summed E-state index contributed by atoms with van der Waals surface area (Å²) in [6, 6.07) is 0. The van der Waals surface area contributed by atoms with Gasteiger partial charge in [-0.2, -0.15) is 0 Å². The molecule has 0 saturated carbocycles. The van der Waals surface area contributed by atoms with Crippen LogP contribution in [0.1, 0.15) is 51.4 Å². The van der Waals surface area contributed by atoms with Crippen LogP contribution in [0.3, 0.4) is 0 Å². The summed E-state index contributed by atoms with van der Waals surface area (Å²) >= 11 is 0. The van der Waals surface area contributed by atoms with Crippen LogP contribution in [0.2, 0.25) is 0 Å². The molecular formula is C14H22O2. The number of hydrogen-bond acceptors (Lipinski definition) is 2. The largest absolute Gasteiger partial charge is 0.462 e. The van der Waals surface area contributed by atoms with Crippen molar-refractivity contribution in [1.82, 2.24) is 0 Å². The number of cyclic esters (lactones) is 1. The van der Waals surface area contributed by atoms with Gasteiger partial charge in [-0.15, -0.1) is 0 Å². The second-order valence-electron chi connectivity index (χ2n) is 4.18. The van der Waals surface area contributed by atoms with E-state index in [-0.39, 0.29) is 5.97 Å². The van der Waals surface area contributed by atoms with Gasteiger partial charge in [0.1, 0.15) is 0 Å². The van der Waals surface area contributed by atoms with E-state index in [9.17, 15) is 4.79 Å². The third-order valence-corrected chi connectivity index (χ3v) is 2.69. The quantitative estimate of drug-likeness (QED) is 0.460. The minimum atomic E-state index is -0.205. The minimum Gasteiger partial charge on any atom is -0.462 e. The summed E-state index contributed by atoms with van der Waals surface area (Å²) in [5.41, 5.74) is 0. The molecule has 1 aliphatic rings. The number of hydrogen-bond donors (Lipinski definition) is 0. The monoisotopic (exact) mass is 222 g/mol. The first-order chi connectivity index (χ1) is 7.89. The van der Waals surface area contributed by atoms with E-state index in [1.165, 1.54) is 32.1 Å². The van der Waals surface area contributed by atoms with Gasteiger partial charge in [0, 0.05) is 6.08 Å². The molecule has 0 aliphatic carbocycles. The Labute approximate surface area is 98.4 Å². The second-order valence-corrected chi connectivity index (χ2v) is 4.18. The minimum absolute atomic E-state index is 0.205. The highest BCUT2D eigenvalue weighted by Gasteiger charge is 1.95. The molecular weight excluding hydrogens is 200 g/mol. The second kappa shape index (κ2) is 9.20. The summed E-state index contributed by atoms with van der Waals surface area (Å²) in [7, 11) is 0. The molecule has 0 saturated heterocycles. The molecule has 2 heteroatoms. The summed E-state index contributed by atoms with van der Waals surface area (Å²) in [5, 5.41) is 0. The average Bonchev–Trinajstić information content (AvgIpc) is 2.29. The molecule has 0 aromatic rings. The standard InChI is InChI=1S/C14H22O2/c15-14-12-10-8-6-4-2-1-3-5-7-9-11-13-16-14/h7,9-10,12H,1-6,8,11,13H2/b9-7-,12-10-. The smallest absolute Gasteiger partial charge is 0.330 e. The van der Waals surface area contributed by atoms with Gasteiger partial charge >= 0.3 is 5.97 Å². The van der Waals surface area contributed by atoms with E-state index < -0.39 is 0 Å². The maximum Gasteiger partial charge on any atom is 0.330 e. The Kier molecular flexibility index (Phi) is 7.48. The van der Waals surface area contributed by atoms with Gasteiger partial charge < -0.3 is 4.74 Å². The highest BCUT2D eigenvalue weighted by atomic mass is 16.5. The first-order valence-electron chi connectivity index (χ1n) is 6.38. The maximum atomic E-state index is 11.2. The number of esters is 1. The van der Waals surface area contributed by atoms with Crippen LogP contribution in [0.5, 0.6) is 0 Å². The van der Waals surface area contributed by atoms with E-state index in [4.69, 9.17) is 4.74 Å². The molecule has 0 aromatic carbocycles. The van der Waals surface area contributed by atoms with E-state index >= 15 is 0 Å². The fraction of sp³-hybridized carbons (Fsp3) is 0.643. The molecule has 0 N–H and O–H groups in total. The van der Waals surface area contributed by atoms with Crippen LogP contribution in [0.25, 0.3) is 0 Å². The lowest BCUT2D eigenvalue weighted by Gasteiger charge is -1.97. The third-order valence-electron chi connectivity index (χ3n) is 2.69.